The minimum absolute atomic E-state index is 0.0670. The minimum atomic E-state index is -0.838. The van der Waals surface area contributed by atoms with Gasteiger partial charge in [0.2, 0.25) is 5.91 Å². The van der Waals surface area contributed by atoms with Crippen LogP contribution in [0.4, 0.5) is 0 Å². The number of carbonyl (C=O) groups excluding carboxylic acids is 1. The SMILES string of the molecule is CCCCCCCCCCC/C=C\CCCCCCCCCC(=O)NC(CO)C(O)/C=C/CCCCCCCCCCCCCCCC. The average Bonchev–Trinajstić information content (AvgIpc) is 3.09. The topological polar surface area (TPSA) is 69.6 Å². The molecule has 0 aromatic rings. The van der Waals surface area contributed by atoms with Gasteiger partial charge in [0, 0.05) is 6.42 Å². The van der Waals surface area contributed by atoms with Gasteiger partial charge in [-0.2, -0.15) is 0 Å². The van der Waals surface area contributed by atoms with Crippen LogP contribution in [-0.4, -0.2) is 34.9 Å². The van der Waals surface area contributed by atoms with Crippen molar-refractivity contribution in [3.63, 3.8) is 0 Å². The van der Waals surface area contributed by atoms with Crippen molar-refractivity contribution in [1.29, 1.82) is 0 Å². The third kappa shape index (κ3) is 36.2. The van der Waals surface area contributed by atoms with E-state index < -0.39 is 12.1 Å². The number of aliphatic hydroxyl groups excluding tert-OH is 2. The average molecular weight is 676 g/mol. The molecule has 0 radical (unpaired) electrons. The fourth-order valence-corrected chi connectivity index (χ4v) is 6.58. The van der Waals surface area contributed by atoms with E-state index in [0.29, 0.717) is 6.42 Å². The molecule has 0 aliphatic heterocycles. The number of aliphatic hydroxyl groups is 2. The molecule has 4 nitrogen and oxygen atoms in total. The molecule has 284 valence electrons. The molecule has 0 saturated heterocycles. The standard InChI is InChI=1S/C44H85NO3/c1-3-5-7-9-11-13-15-17-19-21-22-23-24-26-28-30-32-34-36-38-40-44(48)45-42(41-46)43(47)39-37-35-33-31-29-27-25-20-18-16-14-12-10-8-6-4-2/h22-23,37,39,42-43,46-47H,3-21,24-36,38,40-41H2,1-2H3,(H,45,48)/b23-22-,39-37+. The van der Waals surface area contributed by atoms with Gasteiger partial charge in [0.25, 0.3) is 0 Å². The van der Waals surface area contributed by atoms with Crippen molar-refractivity contribution in [3.8, 4) is 0 Å². The molecule has 1 amide bonds. The zero-order valence-corrected chi connectivity index (χ0v) is 32.5. The van der Waals surface area contributed by atoms with Crippen molar-refractivity contribution in [3.05, 3.63) is 24.3 Å². The maximum absolute atomic E-state index is 12.4. The predicted molar refractivity (Wildman–Crippen MR) is 212 cm³/mol. The van der Waals surface area contributed by atoms with Crippen LogP contribution in [-0.2, 0) is 4.79 Å². The second kappa shape index (κ2) is 40.3. The van der Waals surface area contributed by atoms with Crippen LogP contribution in [0.3, 0.4) is 0 Å². The summed E-state index contributed by atoms with van der Waals surface area (Å²) < 4.78 is 0. The number of carbonyl (C=O) groups is 1. The van der Waals surface area contributed by atoms with Crippen LogP contribution in [0.15, 0.2) is 24.3 Å². The van der Waals surface area contributed by atoms with Gasteiger partial charge in [-0.3, -0.25) is 4.79 Å². The monoisotopic (exact) mass is 676 g/mol. The summed E-state index contributed by atoms with van der Waals surface area (Å²) in [5.74, 6) is -0.0670. The summed E-state index contributed by atoms with van der Waals surface area (Å²) in [5.41, 5.74) is 0. The molecule has 0 aliphatic carbocycles. The number of hydrogen-bond acceptors (Lipinski definition) is 3. The Morgan fingerprint density at radius 3 is 1.15 bits per heavy atom. The summed E-state index contributed by atoms with van der Waals surface area (Å²) in [7, 11) is 0. The summed E-state index contributed by atoms with van der Waals surface area (Å²) in [6.07, 6.45) is 51.3. The summed E-state index contributed by atoms with van der Waals surface area (Å²) in [6, 6.07) is -0.621. The van der Waals surface area contributed by atoms with Crippen molar-refractivity contribution in [1.82, 2.24) is 5.32 Å². The Morgan fingerprint density at radius 2 is 0.792 bits per heavy atom. The maximum atomic E-state index is 12.4. The molecule has 0 aliphatic rings. The quantitative estimate of drug-likeness (QED) is 0.0448. The lowest BCUT2D eigenvalue weighted by atomic mass is 10.0. The molecule has 4 heteroatoms. The molecule has 0 aromatic carbocycles. The first-order valence-electron chi connectivity index (χ1n) is 21.6. The van der Waals surface area contributed by atoms with Crippen LogP contribution < -0.4 is 5.32 Å². The largest absolute Gasteiger partial charge is 0.394 e. The first kappa shape index (κ1) is 46.9. The van der Waals surface area contributed by atoms with Crippen LogP contribution in [0, 0.1) is 0 Å². The molecule has 48 heavy (non-hydrogen) atoms. The molecule has 0 aromatic heterocycles. The highest BCUT2D eigenvalue weighted by Gasteiger charge is 2.17. The summed E-state index contributed by atoms with van der Waals surface area (Å²) >= 11 is 0. The molecule has 0 bridgehead atoms. The van der Waals surface area contributed by atoms with Crippen molar-refractivity contribution in [2.75, 3.05) is 6.61 Å². The van der Waals surface area contributed by atoms with Gasteiger partial charge in [0.1, 0.15) is 0 Å². The van der Waals surface area contributed by atoms with Gasteiger partial charge in [-0.05, 0) is 44.9 Å². The summed E-state index contributed by atoms with van der Waals surface area (Å²) in [5, 5.41) is 23.0. The van der Waals surface area contributed by atoms with Gasteiger partial charge in [-0.25, -0.2) is 0 Å². The number of allylic oxidation sites excluding steroid dienone is 3. The Labute approximate surface area is 300 Å². The van der Waals surface area contributed by atoms with Crippen molar-refractivity contribution < 1.29 is 15.0 Å². The number of hydrogen-bond donors (Lipinski definition) is 3. The Hall–Kier alpha value is -1.13. The number of rotatable bonds is 39. The van der Waals surface area contributed by atoms with Gasteiger partial charge >= 0.3 is 0 Å². The van der Waals surface area contributed by atoms with E-state index in [2.05, 4.69) is 31.3 Å². The Bertz CT molecular complexity index is 691. The number of unbranched alkanes of at least 4 members (excludes halogenated alkanes) is 30. The fourth-order valence-electron chi connectivity index (χ4n) is 6.58. The summed E-state index contributed by atoms with van der Waals surface area (Å²) in [4.78, 5) is 12.4. The number of nitrogens with one attached hydrogen (secondary N) is 1. The zero-order chi connectivity index (χ0) is 35.0. The van der Waals surface area contributed by atoms with Gasteiger partial charge in [-0.1, -0.05) is 205 Å². The Morgan fingerprint density at radius 1 is 0.479 bits per heavy atom. The minimum Gasteiger partial charge on any atom is -0.394 e. The molecular weight excluding hydrogens is 590 g/mol. The fraction of sp³-hybridized carbons (Fsp3) is 0.886. The molecular formula is C44H85NO3. The van der Waals surface area contributed by atoms with E-state index >= 15 is 0 Å². The Kier molecular flexibility index (Phi) is 39.4. The van der Waals surface area contributed by atoms with E-state index in [-0.39, 0.29) is 12.5 Å². The number of amides is 1. The lowest BCUT2D eigenvalue weighted by molar-refractivity contribution is -0.123. The second-order valence-electron chi connectivity index (χ2n) is 14.8. The Balaban J connectivity index is 3.57. The molecule has 0 heterocycles. The highest BCUT2D eigenvalue weighted by molar-refractivity contribution is 5.76. The van der Waals surface area contributed by atoms with Gasteiger partial charge < -0.3 is 15.5 Å². The van der Waals surface area contributed by atoms with E-state index in [0.717, 1.165) is 25.7 Å². The summed E-state index contributed by atoms with van der Waals surface area (Å²) in [6.45, 7) is 4.32. The van der Waals surface area contributed by atoms with Crippen molar-refractivity contribution in [2.24, 2.45) is 0 Å². The van der Waals surface area contributed by atoms with E-state index in [9.17, 15) is 15.0 Å². The third-order valence-electron chi connectivity index (χ3n) is 9.93. The van der Waals surface area contributed by atoms with Crippen LogP contribution in [0.1, 0.15) is 232 Å². The maximum Gasteiger partial charge on any atom is 0.220 e. The first-order chi connectivity index (χ1) is 23.7. The lowest BCUT2D eigenvalue weighted by Gasteiger charge is -2.20. The smallest absolute Gasteiger partial charge is 0.220 e. The first-order valence-corrected chi connectivity index (χ1v) is 21.6. The molecule has 2 atom stereocenters. The molecule has 0 spiro atoms. The van der Waals surface area contributed by atoms with Crippen LogP contribution in [0.25, 0.3) is 0 Å². The van der Waals surface area contributed by atoms with E-state index in [1.807, 2.05) is 6.08 Å². The van der Waals surface area contributed by atoms with Gasteiger partial charge in [0.05, 0.1) is 18.8 Å². The van der Waals surface area contributed by atoms with Gasteiger partial charge in [-0.15, -0.1) is 0 Å². The van der Waals surface area contributed by atoms with Crippen LogP contribution in [0.2, 0.25) is 0 Å². The van der Waals surface area contributed by atoms with E-state index in [4.69, 9.17) is 0 Å². The van der Waals surface area contributed by atoms with E-state index in [1.54, 1.807) is 6.08 Å². The zero-order valence-electron chi connectivity index (χ0n) is 32.5. The molecule has 0 rings (SSSR count). The van der Waals surface area contributed by atoms with E-state index in [1.165, 1.54) is 186 Å². The predicted octanol–water partition coefficient (Wildman–Crippen LogP) is 13.2. The molecule has 0 fully saturated rings. The van der Waals surface area contributed by atoms with Gasteiger partial charge in [0.15, 0.2) is 0 Å². The highest BCUT2D eigenvalue weighted by atomic mass is 16.3. The lowest BCUT2D eigenvalue weighted by Crippen LogP contribution is -2.45. The van der Waals surface area contributed by atoms with Crippen LogP contribution in [0.5, 0.6) is 0 Å². The molecule has 0 saturated carbocycles. The highest BCUT2D eigenvalue weighted by Crippen LogP contribution is 2.15. The van der Waals surface area contributed by atoms with Crippen LogP contribution >= 0.6 is 0 Å². The van der Waals surface area contributed by atoms with Crippen molar-refractivity contribution >= 4 is 5.91 Å². The second-order valence-corrected chi connectivity index (χ2v) is 14.8. The molecule has 3 N–H and O–H groups in total. The third-order valence-corrected chi connectivity index (χ3v) is 9.93. The normalized spacial score (nSPS) is 13.2. The molecule has 2 unspecified atom stereocenters. The van der Waals surface area contributed by atoms with Crippen molar-refractivity contribution in [2.45, 2.75) is 244 Å².